The lowest BCUT2D eigenvalue weighted by Gasteiger charge is -2.23. The summed E-state index contributed by atoms with van der Waals surface area (Å²) in [5, 5.41) is 1.91. The molecule has 2 aromatic heterocycles. The molecule has 0 saturated heterocycles. The van der Waals surface area contributed by atoms with E-state index in [0.29, 0.717) is 36.6 Å². The lowest BCUT2D eigenvalue weighted by atomic mass is 10.0. The molecule has 0 bridgehead atoms. The van der Waals surface area contributed by atoms with Crippen molar-refractivity contribution in [2.24, 2.45) is 4.99 Å². The Morgan fingerprint density at radius 1 is 1.40 bits per heavy atom. The number of thiazole rings is 1. The fraction of sp³-hybridized carbons (Fsp3) is 0.240. The zero-order valence-corrected chi connectivity index (χ0v) is 22.4. The minimum absolute atomic E-state index is 0.0950. The largest absolute Gasteiger partial charge is 0.493 e. The number of halogens is 1. The Balaban J connectivity index is 1.88. The second-order valence-electron chi connectivity index (χ2n) is 7.34. The molecule has 35 heavy (non-hydrogen) atoms. The fourth-order valence-corrected chi connectivity index (χ4v) is 6.18. The number of methoxy groups -OCH3 is 1. The number of allylic oxidation sites excluding steroid dienone is 1. The minimum Gasteiger partial charge on any atom is -0.493 e. The van der Waals surface area contributed by atoms with Gasteiger partial charge >= 0.3 is 5.97 Å². The smallest absolute Gasteiger partial charge is 0.338 e. The predicted molar refractivity (Wildman–Crippen MR) is 140 cm³/mol. The van der Waals surface area contributed by atoms with Crippen molar-refractivity contribution in [3.8, 4) is 23.8 Å². The molecule has 0 amide bonds. The van der Waals surface area contributed by atoms with E-state index in [2.05, 4.69) is 26.8 Å². The van der Waals surface area contributed by atoms with Crippen LogP contribution in [0.4, 0.5) is 0 Å². The molecule has 3 aromatic rings. The highest BCUT2D eigenvalue weighted by Gasteiger charge is 2.33. The molecule has 3 heterocycles. The molecule has 7 nitrogen and oxygen atoms in total. The summed E-state index contributed by atoms with van der Waals surface area (Å²) in [6, 6.07) is 6.77. The minimum atomic E-state index is -0.603. The second-order valence-corrected chi connectivity index (χ2v) is 10.2. The Labute approximate surface area is 218 Å². The Bertz CT molecular complexity index is 1530. The van der Waals surface area contributed by atoms with Gasteiger partial charge in [0.25, 0.3) is 5.56 Å². The second kappa shape index (κ2) is 10.6. The van der Waals surface area contributed by atoms with Crippen LogP contribution in [0.15, 0.2) is 55.2 Å². The number of thiophene rings is 1. The number of carbonyl (C=O) groups excluding carboxylic acids is 1. The Morgan fingerprint density at radius 2 is 2.20 bits per heavy atom. The summed E-state index contributed by atoms with van der Waals surface area (Å²) in [5.74, 6) is 2.91. The normalized spacial score (nSPS) is 15.3. The highest BCUT2D eigenvalue weighted by atomic mass is 79.9. The number of fused-ring (bicyclic) bond motifs is 1. The van der Waals surface area contributed by atoms with E-state index >= 15 is 0 Å². The number of hydrogen-bond donors (Lipinski definition) is 0. The molecular weight excluding hydrogens is 552 g/mol. The molecule has 1 aliphatic rings. The summed E-state index contributed by atoms with van der Waals surface area (Å²) in [5.41, 5.74) is 1.38. The van der Waals surface area contributed by atoms with Crippen LogP contribution in [-0.2, 0) is 9.53 Å². The summed E-state index contributed by atoms with van der Waals surface area (Å²) in [6.07, 6.45) is 7.06. The van der Waals surface area contributed by atoms with Gasteiger partial charge in [0, 0.05) is 4.88 Å². The van der Waals surface area contributed by atoms with Crippen LogP contribution < -0.4 is 24.4 Å². The standard InChI is InChI=1S/C25H21BrN2O5S2/c1-5-9-33-22-16(26)11-15(12-17(22)31-4)13-19-23(29)28-21(18-8-7-10-34-18)20(24(30)32-6-2)14(3)27-25(28)35-19/h1,7-8,10-13,21H,6,9H2,2-4H3/b19-13-/t21-/m1/s1. The van der Waals surface area contributed by atoms with E-state index in [1.54, 1.807) is 30.6 Å². The number of rotatable bonds is 7. The molecule has 0 saturated carbocycles. The van der Waals surface area contributed by atoms with Crippen molar-refractivity contribution in [2.45, 2.75) is 19.9 Å². The molecule has 10 heteroatoms. The molecular formula is C25H21BrN2O5S2. The number of carbonyl (C=O) groups is 1. The van der Waals surface area contributed by atoms with Gasteiger partial charge in [0.05, 0.1) is 34.0 Å². The first-order chi connectivity index (χ1) is 16.9. The fourth-order valence-electron chi connectivity index (χ4n) is 3.74. The molecule has 0 aliphatic carbocycles. The number of nitrogens with zero attached hydrogens (tertiary/aromatic N) is 2. The van der Waals surface area contributed by atoms with Crippen LogP contribution in [0.3, 0.4) is 0 Å². The summed E-state index contributed by atoms with van der Waals surface area (Å²) in [6.45, 7) is 3.84. The van der Waals surface area contributed by atoms with Crippen LogP contribution >= 0.6 is 38.6 Å². The van der Waals surface area contributed by atoms with Gasteiger partial charge in [-0.1, -0.05) is 23.3 Å². The molecule has 0 N–H and O–H groups in total. The van der Waals surface area contributed by atoms with Gasteiger partial charge in [0.2, 0.25) is 0 Å². The summed E-state index contributed by atoms with van der Waals surface area (Å²) in [7, 11) is 1.53. The Kier molecular flexibility index (Phi) is 7.60. The van der Waals surface area contributed by atoms with Crippen molar-refractivity contribution < 1.29 is 19.0 Å². The van der Waals surface area contributed by atoms with Crippen LogP contribution in [0.25, 0.3) is 6.08 Å². The average molecular weight is 573 g/mol. The van der Waals surface area contributed by atoms with Crippen LogP contribution in [0.1, 0.15) is 30.3 Å². The maximum atomic E-state index is 13.6. The third-order valence-corrected chi connectivity index (χ3v) is 7.68. The number of benzene rings is 1. The zero-order chi connectivity index (χ0) is 25.1. The summed E-state index contributed by atoms with van der Waals surface area (Å²) < 4.78 is 19.0. The Morgan fingerprint density at radius 3 is 2.86 bits per heavy atom. The molecule has 4 rings (SSSR count). The van der Waals surface area contributed by atoms with E-state index in [-0.39, 0.29) is 18.8 Å². The van der Waals surface area contributed by atoms with E-state index < -0.39 is 12.0 Å². The number of terminal acetylenes is 1. The van der Waals surface area contributed by atoms with E-state index in [0.717, 1.165) is 10.4 Å². The van der Waals surface area contributed by atoms with Crippen LogP contribution in [-0.4, -0.2) is 30.9 Å². The van der Waals surface area contributed by atoms with Crippen LogP contribution in [0.5, 0.6) is 11.5 Å². The molecule has 0 radical (unpaired) electrons. The van der Waals surface area contributed by atoms with Crippen LogP contribution in [0, 0.1) is 12.3 Å². The lowest BCUT2D eigenvalue weighted by molar-refractivity contribution is -0.139. The van der Waals surface area contributed by atoms with E-state index in [1.165, 1.54) is 29.8 Å². The highest BCUT2D eigenvalue weighted by molar-refractivity contribution is 9.10. The third-order valence-electron chi connectivity index (χ3n) is 5.18. The molecule has 0 unspecified atom stereocenters. The quantitative estimate of drug-likeness (QED) is 0.319. The SMILES string of the molecule is C#CCOc1c(Br)cc(/C=c2\sc3n(c2=O)[C@H](c2cccs2)C(C(=O)OCC)=C(C)N=3)cc1OC. The van der Waals surface area contributed by atoms with Gasteiger partial charge in [-0.25, -0.2) is 9.79 Å². The van der Waals surface area contributed by atoms with Gasteiger partial charge < -0.3 is 14.2 Å². The van der Waals surface area contributed by atoms with Crippen molar-refractivity contribution in [1.82, 2.24) is 4.57 Å². The van der Waals surface area contributed by atoms with Gasteiger partial charge in [-0.3, -0.25) is 9.36 Å². The van der Waals surface area contributed by atoms with Gasteiger partial charge in [-0.2, -0.15) is 0 Å². The molecule has 1 aromatic carbocycles. The number of ether oxygens (including phenoxy) is 3. The van der Waals surface area contributed by atoms with Crippen molar-refractivity contribution in [3.05, 3.63) is 75.5 Å². The monoisotopic (exact) mass is 572 g/mol. The van der Waals surface area contributed by atoms with Gasteiger partial charge in [0.15, 0.2) is 16.3 Å². The van der Waals surface area contributed by atoms with Gasteiger partial charge in [-0.05, 0) is 65.0 Å². The Hall–Kier alpha value is -3.13. The average Bonchev–Trinajstić information content (AvgIpc) is 3.46. The van der Waals surface area contributed by atoms with E-state index in [1.807, 2.05) is 23.6 Å². The van der Waals surface area contributed by atoms with Crippen LogP contribution in [0.2, 0.25) is 0 Å². The highest BCUT2D eigenvalue weighted by Crippen LogP contribution is 2.37. The topological polar surface area (TPSA) is 79.1 Å². The van der Waals surface area contributed by atoms with E-state index in [9.17, 15) is 9.59 Å². The number of aromatic nitrogens is 1. The van der Waals surface area contributed by atoms with Crippen molar-refractivity contribution in [2.75, 3.05) is 20.3 Å². The maximum Gasteiger partial charge on any atom is 0.338 e. The zero-order valence-electron chi connectivity index (χ0n) is 19.2. The molecule has 0 fully saturated rings. The summed E-state index contributed by atoms with van der Waals surface area (Å²) >= 11 is 6.22. The predicted octanol–water partition coefficient (Wildman–Crippen LogP) is 3.64. The molecule has 0 spiro atoms. The van der Waals surface area contributed by atoms with Crippen molar-refractivity contribution >= 4 is 50.6 Å². The third kappa shape index (κ3) is 4.85. The number of hydrogen-bond acceptors (Lipinski definition) is 8. The first-order valence-electron chi connectivity index (χ1n) is 10.6. The lowest BCUT2D eigenvalue weighted by Crippen LogP contribution is -2.39. The van der Waals surface area contributed by atoms with Crippen molar-refractivity contribution in [3.63, 3.8) is 0 Å². The summed E-state index contributed by atoms with van der Waals surface area (Å²) in [4.78, 5) is 32.4. The maximum absolute atomic E-state index is 13.6. The first kappa shape index (κ1) is 25.0. The van der Waals surface area contributed by atoms with Gasteiger partial charge in [0.1, 0.15) is 12.6 Å². The van der Waals surface area contributed by atoms with E-state index in [4.69, 9.17) is 20.6 Å². The van der Waals surface area contributed by atoms with Gasteiger partial charge in [-0.15, -0.1) is 17.8 Å². The molecule has 1 atom stereocenters. The molecule has 180 valence electrons. The first-order valence-corrected chi connectivity index (χ1v) is 13.0. The number of esters is 1. The molecule has 1 aliphatic heterocycles. The van der Waals surface area contributed by atoms with Crippen molar-refractivity contribution in [1.29, 1.82) is 0 Å².